The first kappa shape index (κ1) is 10.4. The van der Waals surface area contributed by atoms with Gasteiger partial charge in [0.2, 0.25) is 0 Å². The van der Waals surface area contributed by atoms with Gasteiger partial charge in [0.15, 0.2) is 0 Å². The van der Waals surface area contributed by atoms with Gasteiger partial charge in [-0.3, -0.25) is 4.90 Å². The molecule has 3 N–H and O–H groups in total. The van der Waals surface area contributed by atoms with Crippen LogP contribution in [0, 0.1) is 0 Å². The van der Waals surface area contributed by atoms with Gasteiger partial charge in [0.1, 0.15) is 0 Å². The van der Waals surface area contributed by atoms with E-state index in [2.05, 4.69) is 5.32 Å². The molecule has 5 heteroatoms. The highest BCUT2D eigenvalue weighted by Gasteiger charge is 2.45. The van der Waals surface area contributed by atoms with Crippen molar-refractivity contribution in [1.29, 1.82) is 0 Å². The number of urea groups is 1. The zero-order chi connectivity index (χ0) is 11.9. The van der Waals surface area contributed by atoms with E-state index in [0.29, 0.717) is 18.8 Å². The molecule has 0 aliphatic carbocycles. The minimum Gasteiger partial charge on any atom is -0.399 e. The molecular weight excluding hydrogens is 218 g/mol. The molecule has 90 valence electrons. The molecule has 0 bridgehead atoms. The molecule has 2 fully saturated rings. The summed E-state index contributed by atoms with van der Waals surface area (Å²) in [5, 5.41) is 3.02. The second-order valence-electron chi connectivity index (χ2n) is 4.69. The predicted molar refractivity (Wildman–Crippen MR) is 64.9 cm³/mol. The lowest BCUT2D eigenvalue weighted by Gasteiger charge is -2.20. The van der Waals surface area contributed by atoms with Crippen molar-refractivity contribution in [3.63, 3.8) is 0 Å². The molecule has 2 amide bonds. The number of nitrogens with two attached hydrogens (primary N) is 1. The number of nitrogens with zero attached hydrogens (tertiary/aromatic N) is 1. The molecule has 3 rings (SSSR count). The molecule has 1 unspecified atom stereocenters. The summed E-state index contributed by atoms with van der Waals surface area (Å²) in [4.78, 5) is 13.7. The summed E-state index contributed by atoms with van der Waals surface area (Å²) in [6, 6.07) is 7.28. The van der Waals surface area contributed by atoms with E-state index >= 15 is 0 Å². The number of hydrogen-bond acceptors (Lipinski definition) is 3. The molecule has 2 saturated heterocycles. The number of hydrogen-bond donors (Lipinski definition) is 2. The van der Waals surface area contributed by atoms with Gasteiger partial charge >= 0.3 is 6.03 Å². The third-order valence-corrected chi connectivity index (χ3v) is 3.39. The highest BCUT2D eigenvalue weighted by Crippen LogP contribution is 2.29. The molecule has 1 spiro atoms. The van der Waals surface area contributed by atoms with Crippen molar-refractivity contribution in [2.45, 2.75) is 12.0 Å². The largest absolute Gasteiger partial charge is 0.399 e. The Labute approximate surface area is 99.5 Å². The smallest absolute Gasteiger partial charge is 0.322 e. The summed E-state index contributed by atoms with van der Waals surface area (Å²) in [6.07, 6.45) is 0.879. The van der Waals surface area contributed by atoms with Gasteiger partial charge in [0.05, 0.1) is 18.7 Å². The Hall–Kier alpha value is -1.75. The van der Waals surface area contributed by atoms with Crippen molar-refractivity contribution in [2.75, 3.05) is 30.4 Å². The Morgan fingerprint density at radius 2 is 2.12 bits per heavy atom. The summed E-state index contributed by atoms with van der Waals surface area (Å²) >= 11 is 0. The fourth-order valence-electron chi connectivity index (χ4n) is 2.40. The number of carbonyl (C=O) groups is 1. The summed E-state index contributed by atoms with van der Waals surface area (Å²) in [6.45, 7) is 1.98. The van der Waals surface area contributed by atoms with E-state index in [1.807, 2.05) is 12.1 Å². The van der Waals surface area contributed by atoms with Crippen molar-refractivity contribution in [1.82, 2.24) is 5.32 Å². The average Bonchev–Trinajstić information content (AvgIpc) is 2.88. The van der Waals surface area contributed by atoms with Crippen molar-refractivity contribution < 1.29 is 9.53 Å². The number of anilines is 2. The fraction of sp³-hybridized carbons (Fsp3) is 0.417. The van der Waals surface area contributed by atoms with Crippen LogP contribution in [0.2, 0.25) is 0 Å². The molecule has 1 aromatic carbocycles. The quantitative estimate of drug-likeness (QED) is 0.710. The zero-order valence-electron chi connectivity index (χ0n) is 9.48. The van der Waals surface area contributed by atoms with Crippen LogP contribution in [0.4, 0.5) is 16.2 Å². The van der Waals surface area contributed by atoms with Crippen LogP contribution in [0.15, 0.2) is 24.3 Å². The minimum atomic E-state index is -0.196. The Balaban J connectivity index is 1.85. The first-order valence-electron chi connectivity index (χ1n) is 5.72. The van der Waals surface area contributed by atoms with Crippen molar-refractivity contribution in [3.8, 4) is 0 Å². The van der Waals surface area contributed by atoms with Gasteiger partial charge in [-0.25, -0.2) is 4.79 Å². The van der Waals surface area contributed by atoms with Crippen LogP contribution in [0.5, 0.6) is 0 Å². The third kappa shape index (κ3) is 1.72. The molecule has 1 atom stereocenters. The molecule has 17 heavy (non-hydrogen) atoms. The van der Waals surface area contributed by atoms with Gasteiger partial charge in [-0.2, -0.15) is 0 Å². The SMILES string of the molecule is Nc1ccc(N2CC3(CCOC3)NC2=O)cc1. The number of carbonyl (C=O) groups excluding carboxylic acids is 1. The number of rotatable bonds is 1. The average molecular weight is 233 g/mol. The Bertz CT molecular complexity index is 438. The van der Waals surface area contributed by atoms with E-state index in [1.165, 1.54) is 0 Å². The van der Waals surface area contributed by atoms with Crippen LogP contribution in [-0.2, 0) is 4.74 Å². The molecule has 0 saturated carbocycles. The van der Waals surface area contributed by atoms with Crippen molar-refractivity contribution in [2.24, 2.45) is 0 Å². The maximum Gasteiger partial charge on any atom is 0.322 e. The van der Waals surface area contributed by atoms with Crippen molar-refractivity contribution >= 4 is 17.4 Å². The highest BCUT2D eigenvalue weighted by atomic mass is 16.5. The molecule has 2 heterocycles. The first-order valence-corrected chi connectivity index (χ1v) is 5.72. The van der Waals surface area contributed by atoms with E-state index < -0.39 is 0 Å². The van der Waals surface area contributed by atoms with Crippen LogP contribution >= 0.6 is 0 Å². The summed E-state index contributed by atoms with van der Waals surface area (Å²) in [5.41, 5.74) is 7.02. The maximum absolute atomic E-state index is 11.9. The molecule has 0 aromatic heterocycles. The summed E-state index contributed by atoms with van der Waals surface area (Å²) in [7, 11) is 0. The second kappa shape index (κ2) is 3.63. The molecule has 2 aliphatic heterocycles. The molecule has 1 aromatic rings. The topological polar surface area (TPSA) is 67.6 Å². The van der Waals surface area contributed by atoms with Gasteiger partial charge in [-0.05, 0) is 30.7 Å². The monoisotopic (exact) mass is 233 g/mol. The minimum absolute atomic E-state index is 0.0553. The third-order valence-electron chi connectivity index (χ3n) is 3.39. The number of amides is 2. The van der Waals surface area contributed by atoms with Crippen LogP contribution in [0.3, 0.4) is 0 Å². The Kier molecular flexibility index (Phi) is 2.22. The van der Waals surface area contributed by atoms with Gasteiger partial charge in [-0.1, -0.05) is 0 Å². The van der Waals surface area contributed by atoms with E-state index in [-0.39, 0.29) is 11.6 Å². The standard InChI is InChI=1S/C12H15N3O2/c13-9-1-3-10(4-2-9)15-7-12(14-11(15)16)5-6-17-8-12/h1-4H,5-8,13H2,(H,14,16). The van der Waals surface area contributed by atoms with Crippen molar-refractivity contribution in [3.05, 3.63) is 24.3 Å². The highest BCUT2D eigenvalue weighted by molar-refractivity contribution is 5.95. The summed E-state index contributed by atoms with van der Waals surface area (Å²) < 4.78 is 5.37. The Morgan fingerprint density at radius 3 is 2.76 bits per heavy atom. The second-order valence-corrected chi connectivity index (χ2v) is 4.69. The molecule has 0 radical (unpaired) electrons. The van der Waals surface area contributed by atoms with Gasteiger partial charge < -0.3 is 15.8 Å². The molecule has 2 aliphatic rings. The number of ether oxygens (including phenoxy) is 1. The Morgan fingerprint density at radius 1 is 1.35 bits per heavy atom. The predicted octanol–water partition coefficient (Wildman–Crippen LogP) is 0.957. The van der Waals surface area contributed by atoms with Crippen LogP contribution in [0.25, 0.3) is 0 Å². The van der Waals surface area contributed by atoms with E-state index in [0.717, 1.165) is 18.7 Å². The van der Waals surface area contributed by atoms with E-state index in [9.17, 15) is 4.79 Å². The van der Waals surface area contributed by atoms with Gasteiger partial charge in [0, 0.05) is 18.0 Å². The lowest BCUT2D eigenvalue weighted by atomic mass is 10.0. The molecule has 5 nitrogen and oxygen atoms in total. The number of nitrogens with one attached hydrogen (secondary N) is 1. The summed E-state index contributed by atoms with van der Waals surface area (Å²) in [5.74, 6) is 0. The maximum atomic E-state index is 11.9. The van der Waals surface area contributed by atoms with Gasteiger partial charge in [-0.15, -0.1) is 0 Å². The van der Waals surface area contributed by atoms with Crippen LogP contribution < -0.4 is 16.0 Å². The molecular formula is C12H15N3O2. The number of nitrogen functional groups attached to an aromatic ring is 1. The van der Waals surface area contributed by atoms with E-state index in [4.69, 9.17) is 10.5 Å². The van der Waals surface area contributed by atoms with Crippen LogP contribution in [0.1, 0.15) is 6.42 Å². The van der Waals surface area contributed by atoms with Gasteiger partial charge in [0.25, 0.3) is 0 Å². The lowest BCUT2D eigenvalue weighted by Crippen LogP contribution is -2.43. The normalized spacial score (nSPS) is 27.8. The lowest BCUT2D eigenvalue weighted by molar-refractivity contribution is 0.176. The van der Waals surface area contributed by atoms with Crippen LogP contribution in [-0.4, -0.2) is 31.3 Å². The first-order chi connectivity index (χ1) is 8.19. The number of benzene rings is 1. The zero-order valence-corrected chi connectivity index (χ0v) is 9.48. The fourth-order valence-corrected chi connectivity index (χ4v) is 2.40. The van der Waals surface area contributed by atoms with E-state index in [1.54, 1.807) is 17.0 Å².